The van der Waals surface area contributed by atoms with Gasteiger partial charge in [0, 0.05) is 24.6 Å². The molecule has 1 aromatic rings. The molecule has 0 fully saturated rings. The van der Waals surface area contributed by atoms with E-state index in [2.05, 4.69) is 28.2 Å². The van der Waals surface area contributed by atoms with Gasteiger partial charge in [-0.05, 0) is 22.0 Å². The molecular formula is C8H10BrNO. The fraction of sp³-hybridized carbons (Fsp3) is 0.500. The van der Waals surface area contributed by atoms with Gasteiger partial charge in [-0.1, -0.05) is 6.92 Å². The van der Waals surface area contributed by atoms with Gasteiger partial charge in [0.1, 0.15) is 5.76 Å². The Bertz CT molecular complexity index is 269. The predicted molar refractivity (Wildman–Crippen MR) is 46.5 cm³/mol. The normalized spacial score (nSPS) is 23.3. The van der Waals surface area contributed by atoms with Gasteiger partial charge >= 0.3 is 0 Å². The molecule has 60 valence electrons. The lowest BCUT2D eigenvalue weighted by atomic mass is 10.0. The van der Waals surface area contributed by atoms with Gasteiger partial charge in [0.15, 0.2) is 4.67 Å². The quantitative estimate of drug-likeness (QED) is 0.719. The second-order valence-corrected chi connectivity index (χ2v) is 3.75. The Morgan fingerprint density at radius 2 is 2.55 bits per heavy atom. The molecule has 0 aliphatic carbocycles. The van der Waals surface area contributed by atoms with Crippen LogP contribution in [0.5, 0.6) is 0 Å². The molecule has 0 spiro atoms. The summed E-state index contributed by atoms with van der Waals surface area (Å²) in [5.74, 6) is 1.64. The van der Waals surface area contributed by atoms with E-state index in [1.54, 1.807) is 0 Å². The van der Waals surface area contributed by atoms with E-state index >= 15 is 0 Å². The van der Waals surface area contributed by atoms with Crippen LogP contribution in [0.25, 0.3) is 0 Å². The maximum atomic E-state index is 5.49. The van der Waals surface area contributed by atoms with Crippen molar-refractivity contribution < 1.29 is 4.42 Å². The summed E-state index contributed by atoms with van der Waals surface area (Å²) in [6.45, 7) is 4.13. The minimum Gasteiger partial charge on any atom is -0.454 e. The molecule has 1 atom stereocenters. The summed E-state index contributed by atoms with van der Waals surface area (Å²) in [7, 11) is 0. The Labute approximate surface area is 74.1 Å². The van der Waals surface area contributed by atoms with Crippen LogP contribution in [0.2, 0.25) is 0 Å². The molecule has 1 N–H and O–H groups in total. The van der Waals surface area contributed by atoms with Crippen molar-refractivity contribution in [3.63, 3.8) is 0 Å². The largest absolute Gasteiger partial charge is 0.454 e. The molecule has 3 heteroatoms. The monoisotopic (exact) mass is 215 g/mol. The molecule has 1 unspecified atom stereocenters. The van der Waals surface area contributed by atoms with Gasteiger partial charge in [-0.2, -0.15) is 0 Å². The summed E-state index contributed by atoms with van der Waals surface area (Å²) in [4.78, 5) is 0. The molecule has 11 heavy (non-hydrogen) atoms. The third-order valence-electron chi connectivity index (χ3n) is 2.03. The van der Waals surface area contributed by atoms with Crippen molar-refractivity contribution >= 4 is 15.9 Å². The molecule has 0 saturated carbocycles. The molecule has 0 amide bonds. The van der Waals surface area contributed by atoms with Crippen LogP contribution in [0.3, 0.4) is 0 Å². The summed E-state index contributed by atoms with van der Waals surface area (Å²) in [5, 5.41) is 3.32. The first-order valence-electron chi connectivity index (χ1n) is 3.76. The predicted octanol–water partition coefficient (Wildman–Crippen LogP) is 2.25. The average molecular weight is 216 g/mol. The zero-order chi connectivity index (χ0) is 7.84. The molecule has 2 rings (SSSR count). The first-order valence-corrected chi connectivity index (χ1v) is 4.55. The van der Waals surface area contributed by atoms with E-state index in [-0.39, 0.29) is 0 Å². The highest BCUT2D eigenvalue weighted by atomic mass is 79.9. The standard InChI is InChI=1S/C8H10BrNO/c1-5-3-10-4-6-2-7(9)11-8(5)6/h2,5,10H,3-4H2,1H3. The maximum Gasteiger partial charge on any atom is 0.169 e. The highest BCUT2D eigenvalue weighted by molar-refractivity contribution is 9.10. The number of hydrogen-bond donors (Lipinski definition) is 1. The van der Waals surface area contributed by atoms with Crippen molar-refractivity contribution in [2.24, 2.45) is 0 Å². The lowest BCUT2D eigenvalue weighted by Crippen LogP contribution is -2.25. The van der Waals surface area contributed by atoms with Crippen LogP contribution >= 0.6 is 15.9 Å². The number of fused-ring (bicyclic) bond motifs is 1. The molecular weight excluding hydrogens is 206 g/mol. The van der Waals surface area contributed by atoms with Gasteiger partial charge in [-0.25, -0.2) is 0 Å². The number of furan rings is 1. The van der Waals surface area contributed by atoms with E-state index in [1.165, 1.54) is 5.56 Å². The van der Waals surface area contributed by atoms with Gasteiger partial charge in [0.25, 0.3) is 0 Å². The zero-order valence-electron chi connectivity index (χ0n) is 6.36. The summed E-state index contributed by atoms with van der Waals surface area (Å²) in [5.41, 5.74) is 1.29. The number of halogens is 1. The third-order valence-corrected chi connectivity index (χ3v) is 2.42. The van der Waals surface area contributed by atoms with Crippen molar-refractivity contribution in [2.75, 3.05) is 6.54 Å². The molecule has 2 nitrogen and oxygen atoms in total. The Balaban J connectivity index is 2.43. The van der Waals surface area contributed by atoms with Crippen molar-refractivity contribution in [3.8, 4) is 0 Å². The van der Waals surface area contributed by atoms with Crippen molar-refractivity contribution in [2.45, 2.75) is 19.4 Å². The van der Waals surface area contributed by atoms with E-state index in [4.69, 9.17) is 4.42 Å². The van der Waals surface area contributed by atoms with Crippen LogP contribution in [0.4, 0.5) is 0 Å². The van der Waals surface area contributed by atoms with Crippen molar-refractivity contribution in [3.05, 3.63) is 22.1 Å². The van der Waals surface area contributed by atoms with Crippen LogP contribution in [0.15, 0.2) is 15.2 Å². The number of nitrogens with one attached hydrogen (secondary N) is 1. The number of rotatable bonds is 0. The Morgan fingerprint density at radius 3 is 3.27 bits per heavy atom. The fourth-order valence-corrected chi connectivity index (χ4v) is 1.93. The molecule has 0 aromatic carbocycles. The number of hydrogen-bond acceptors (Lipinski definition) is 2. The van der Waals surface area contributed by atoms with Crippen molar-refractivity contribution in [1.29, 1.82) is 0 Å². The van der Waals surface area contributed by atoms with Gasteiger partial charge in [0.05, 0.1) is 0 Å². The first kappa shape index (κ1) is 7.37. The minimum absolute atomic E-state index is 0.505. The second-order valence-electron chi connectivity index (χ2n) is 2.97. The lowest BCUT2D eigenvalue weighted by molar-refractivity contribution is 0.420. The van der Waals surface area contributed by atoms with Crippen LogP contribution < -0.4 is 5.32 Å². The van der Waals surface area contributed by atoms with Gasteiger partial charge in [0.2, 0.25) is 0 Å². The Hall–Kier alpha value is -0.280. The molecule has 0 radical (unpaired) electrons. The molecule has 1 aliphatic rings. The Kier molecular flexibility index (Phi) is 1.77. The van der Waals surface area contributed by atoms with E-state index < -0.39 is 0 Å². The highest BCUT2D eigenvalue weighted by Gasteiger charge is 2.20. The van der Waals surface area contributed by atoms with E-state index in [9.17, 15) is 0 Å². The van der Waals surface area contributed by atoms with E-state index in [1.807, 2.05) is 6.07 Å². The van der Waals surface area contributed by atoms with Crippen LogP contribution in [0, 0.1) is 0 Å². The van der Waals surface area contributed by atoms with Crippen LogP contribution in [-0.2, 0) is 6.54 Å². The third kappa shape index (κ3) is 1.23. The van der Waals surface area contributed by atoms with Crippen molar-refractivity contribution in [1.82, 2.24) is 5.32 Å². The minimum atomic E-state index is 0.505. The van der Waals surface area contributed by atoms with Gasteiger partial charge < -0.3 is 9.73 Å². The first-order chi connectivity index (χ1) is 5.27. The molecule has 0 bridgehead atoms. The molecule has 1 aliphatic heterocycles. The summed E-state index contributed by atoms with van der Waals surface area (Å²) in [6.07, 6.45) is 0. The second kappa shape index (κ2) is 2.64. The maximum absolute atomic E-state index is 5.49. The fourth-order valence-electron chi connectivity index (χ4n) is 1.48. The Morgan fingerprint density at radius 1 is 1.73 bits per heavy atom. The SMILES string of the molecule is CC1CNCc2cc(Br)oc21. The van der Waals surface area contributed by atoms with E-state index in [0.29, 0.717) is 5.92 Å². The van der Waals surface area contributed by atoms with E-state index in [0.717, 1.165) is 23.5 Å². The van der Waals surface area contributed by atoms with Gasteiger partial charge in [-0.15, -0.1) is 0 Å². The smallest absolute Gasteiger partial charge is 0.169 e. The summed E-state index contributed by atoms with van der Waals surface area (Å²) in [6, 6.07) is 2.04. The summed E-state index contributed by atoms with van der Waals surface area (Å²) < 4.78 is 6.34. The molecule has 1 aromatic heterocycles. The zero-order valence-corrected chi connectivity index (χ0v) is 7.94. The van der Waals surface area contributed by atoms with Crippen LogP contribution in [0.1, 0.15) is 24.2 Å². The topological polar surface area (TPSA) is 25.2 Å². The van der Waals surface area contributed by atoms with Crippen LogP contribution in [-0.4, -0.2) is 6.54 Å². The molecule has 0 saturated heterocycles. The lowest BCUT2D eigenvalue weighted by Gasteiger charge is -2.17. The molecule has 2 heterocycles. The van der Waals surface area contributed by atoms with Gasteiger partial charge in [-0.3, -0.25) is 0 Å². The summed E-state index contributed by atoms with van der Waals surface area (Å²) >= 11 is 3.33. The average Bonchev–Trinajstić information content (AvgIpc) is 2.31. The highest BCUT2D eigenvalue weighted by Crippen LogP contribution is 2.29.